The number of hydrogen-bond donors (Lipinski definition) is 4. The number of carbonyl (C=O) groups is 1. The smallest absolute Gasteiger partial charge is 0.220 e. The maximum atomic E-state index is 11.6. The van der Waals surface area contributed by atoms with Crippen LogP contribution >= 0.6 is 0 Å². The highest BCUT2D eigenvalue weighted by Crippen LogP contribution is 2.19. The predicted molar refractivity (Wildman–Crippen MR) is 92.2 cm³/mol. The molecule has 1 aliphatic heterocycles. The number of nitrogens with zero attached hydrogens (tertiary/aromatic N) is 1. The summed E-state index contributed by atoms with van der Waals surface area (Å²) in [6, 6.07) is 8.71. The molecule has 0 bridgehead atoms. The van der Waals surface area contributed by atoms with E-state index in [1.165, 1.54) is 0 Å². The van der Waals surface area contributed by atoms with Gasteiger partial charge in [-0.25, -0.2) is 0 Å². The summed E-state index contributed by atoms with van der Waals surface area (Å²) in [5.74, 6) is -0.173. The molecule has 1 saturated heterocycles. The highest BCUT2D eigenvalue weighted by atomic mass is 16.3. The second-order valence-electron chi connectivity index (χ2n) is 6.03. The van der Waals surface area contributed by atoms with Crippen molar-refractivity contribution in [2.45, 2.75) is 37.6 Å². The first-order chi connectivity index (χ1) is 11.6. The lowest BCUT2D eigenvalue weighted by atomic mass is 9.92. The molecule has 4 N–H and O–H groups in total. The summed E-state index contributed by atoms with van der Waals surface area (Å²) in [5.41, 5.74) is 1.06. The van der Waals surface area contributed by atoms with Crippen LogP contribution in [0.2, 0.25) is 0 Å². The molecule has 1 aliphatic rings. The number of carbonyl (C=O) groups excluding carboxylic acids is 1. The molecule has 0 aliphatic carbocycles. The average molecular weight is 334 g/mol. The van der Waals surface area contributed by atoms with Gasteiger partial charge in [-0.2, -0.15) is 0 Å². The molecule has 1 aromatic rings. The topological polar surface area (TPSA) is 93.0 Å². The molecule has 0 saturated carbocycles. The number of rotatable bonds is 6. The van der Waals surface area contributed by atoms with Crippen LogP contribution in [0, 0.1) is 0 Å². The fourth-order valence-corrected chi connectivity index (χ4v) is 2.94. The fraction of sp³-hybridized carbons (Fsp3) is 0.500. The second-order valence-corrected chi connectivity index (χ2v) is 6.03. The van der Waals surface area contributed by atoms with Gasteiger partial charge in [-0.15, -0.1) is 0 Å². The van der Waals surface area contributed by atoms with Gasteiger partial charge in [0.15, 0.2) is 0 Å². The van der Waals surface area contributed by atoms with Crippen LogP contribution in [0.4, 0.5) is 0 Å². The first-order valence-electron chi connectivity index (χ1n) is 8.28. The zero-order valence-electron chi connectivity index (χ0n) is 13.9. The maximum Gasteiger partial charge on any atom is 0.220 e. The molecule has 4 unspecified atom stereocenters. The molecule has 1 aromatic carbocycles. The molecule has 4 atom stereocenters. The minimum atomic E-state index is -1.11. The zero-order valence-corrected chi connectivity index (χ0v) is 13.9. The Kier molecular flexibility index (Phi) is 6.93. The third-order valence-corrected chi connectivity index (χ3v) is 4.36. The van der Waals surface area contributed by atoms with Crippen LogP contribution in [-0.2, 0) is 4.79 Å². The van der Waals surface area contributed by atoms with Crippen LogP contribution in [0.15, 0.2) is 36.4 Å². The molecule has 6 nitrogen and oxygen atoms in total. The van der Waals surface area contributed by atoms with Crippen LogP contribution in [0.25, 0.3) is 6.08 Å². The molecule has 132 valence electrons. The SMILES string of the molecule is CCC(=O)NC1CN(C/C=C/c2ccccc2)C(CO)C(O)C1O. The monoisotopic (exact) mass is 334 g/mol. The third kappa shape index (κ3) is 4.64. The number of aliphatic hydroxyl groups is 3. The largest absolute Gasteiger partial charge is 0.395 e. The third-order valence-electron chi connectivity index (χ3n) is 4.36. The zero-order chi connectivity index (χ0) is 17.5. The van der Waals surface area contributed by atoms with E-state index in [0.29, 0.717) is 19.5 Å². The lowest BCUT2D eigenvalue weighted by Crippen LogP contribution is -2.66. The number of likely N-dealkylation sites (tertiary alicyclic amines) is 1. The van der Waals surface area contributed by atoms with Gasteiger partial charge in [0, 0.05) is 19.5 Å². The highest BCUT2D eigenvalue weighted by molar-refractivity contribution is 5.76. The molecular weight excluding hydrogens is 308 g/mol. The number of amides is 1. The van der Waals surface area contributed by atoms with E-state index in [9.17, 15) is 20.1 Å². The number of piperidine rings is 1. The van der Waals surface area contributed by atoms with Gasteiger partial charge in [-0.3, -0.25) is 9.69 Å². The van der Waals surface area contributed by atoms with Crippen LogP contribution in [-0.4, -0.2) is 70.1 Å². The number of nitrogens with one attached hydrogen (secondary N) is 1. The van der Waals surface area contributed by atoms with Crippen molar-refractivity contribution in [2.24, 2.45) is 0 Å². The molecule has 0 spiro atoms. The second kappa shape index (κ2) is 8.94. The van der Waals surface area contributed by atoms with E-state index in [0.717, 1.165) is 5.56 Å². The molecule has 2 rings (SSSR count). The normalized spacial score (nSPS) is 28.2. The number of benzene rings is 1. The average Bonchev–Trinajstić information content (AvgIpc) is 2.60. The van der Waals surface area contributed by atoms with Gasteiger partial charge in [0.25, 0.3) is 0 Å². The summed E-state index contributed by atoms with van der Waals surface area (Å²) in [7, 11) is 0. The van der Waals surface area contributed by atoms with Crippen molar-refractivity contribution in [3.63, 3.8) is 0 Å². The Morgan fingerprint density at radius 1 is 1.29 bits per heavy atom. The minimum Gasteiger partial charge on any atom is -0.395 e. The number of hydrogen-bond acceptors (Lipinski definition) is 5. The summed E-state index contributed by atoms with van der Waals surface area (Å²) >= 11 is 0. The van der Waals surface area contributed by atoms with Gasteiger partial charge in [0.2, 0.25) is 5.91 Å². The van der Waals surface area contributed by atoms with Gasteiger partial charge in [0.1, 0.15) is 6.10 Å². The van der Waals surface area contributed by atoms with Gasteiger partial charge in [-0.05, 0) is 5.56 Å². The van der Waals surface area contributed by atoms with Crippen molar-refractivity contribution >= 4 is 12.0 Å². The minimum absolute atomic E-state index is 0.173. The van der Waals surface area contributed by atoms with E-state index in [1.807, 2.05) is 47.4 Å². The molecule has 6 heteroatoms. The lowest BCUT2D eigenvalue weighted by molar-refractivity contribution is -0.129. The number of aliphatic hydroxyl groups excluding tert-OH is 3. The van der Waals surface area contributed by atoms with E-state index in [2.05, 4.69) is 5.32 Å². The highest BCUT2D eigenvalue weighted by Gasteiger charge is 2.41. The van der Waals surface area contributed by atoms with E-state index in [4.69, 9.17) is 0 Å². The summed E-state index contributed by atoms with van der Waals surface area (Å²) in [5, 5.41) is 32.7. The Morgan fingerprint density at radius 2 is 2.00 bits per heavy atom. The van der Waals surface area contributed by atoms with Crippen LogP contribution in [0.3, 0.4) is 0 Å². The maximum absolute atomic E-state index is 11.6. The standard InChI is InChI=1S/C18H26N2O4/c1-2-16(22)19-14-11-20(15(12-21)18(24)17(14)23)10-6-9-13-7-4-3-5-8-13/h3-9,14-15,17-18,21,23-24H,2,10-12H2,1H3,(H,19,22)/b9-6+. The van der Waals surface area contributed by atoms with Crippen molar-refractivity contribution in [3.05, 3.63) is 42.0 Å². The van der Waals surface area contributed by atoms with Crippen molar-refractivity contribution in [3.8, 4) is 0 Å². The summed E-state index contributed by atoms with van der Waals surface area (Å²) < 4.78 is 0. The van der Waals surface area contributed by atoms with Crippen molar-refractivity contribution in [2.75, 3.05) is 19.7 Å². The Morgan fingerprint density at radius 3 is 2.62 bits per heavy atom. The Bertz CT molecular complexity index is 549. The molecular formula is C18H26N2O4. The van der Waals surface area contributed by atoms with Crippen LogP contribution < -0.4 is 5.32 Å². The predicted octanol–water partition coefficient (Wildman–Crippen LogP) is -0.00710. The Balaban J connectivity index is 2.04. The van der Waals surface area contributed by atoms with Gasteiger partial charge >= 0.3 is 0 Å². The fourth-order valence-electron chi connectivity index (χ4n) is 2.94. The van der Waals surface area contributed by atoms with E-state index in [-0.39, 0.29) is 12.5 Å². The van der Waals surface area contributed by atoms with Gasteiger partial charge in [0.05, 0.1) is 24.8 Å². The van der Waals surface area contributed by atoms with Gasteiger partial charge < -0.3 is 20.6 Å². The Hall–Kier alpha value is -1.73. The summed E-state index contributed by atoms with van der Waals surface area (Å²) in [6.45, 7) is 2.35. The van der Waals surface area contributed by atoms with Crippen LogP contribution in [0.5, 0.6) is 0 Å². The molecule has 1 amide bonds. The molecule has 24 heavy (non-hydrogen) atoms. The van der Waals surface area contributed by atoms with Gasteiger partial charge in [-0.1, -0.05) is 49.4 Å². The van der Waals surface area contributed by atoms with Crippen molar-refractivity contribution in [1.29, 1.82) is 0 Å². The summed E-state index contributed by atoms with van der Waals surface area (Å²) in [6.07, 6.45) is 2.02. The molecule has 1 heterocycles. The first-order valence-corrected chi connectivity index (χ1v) is 8.28. The lowest BCUT2D eigenvalue weighted by Gasteiger charge is -2.44. The Labute approximate surface area is 142 Å². The quantitative estimate of drug-likeness (QED) is 0.587. The van der Waals surface area contributed by atoms with E-state index in [1.54, 1.807) is 6.92 Å². The van der Waals surface area contributed by atoms with Crippen molar-refractivity contribution < 1.29 is 20.1 Å². The first kappa shape index (κ1) is 18.6. The molecule has 1 fully saturated rings. The van der Waals surface area contributed by atoms with E-state index >= 15 is 0 Å². The van der Waals surface area contributed by atoms with Crippen LogP contribution in [0.1, 0.15) is 18.9 Å². The van der Waals surface area contributed by atoms with E-state index < -0.39 is 24.3 Å². The molecule has 0 radical (unpaired) electrons. The van der Waals surface area contributed by atoms with Crippen molar-refractivity contribution in [1.82, 2.24) is 10.2 Å². The molecule has 0 aromatic heterocycles. The summed E-state index contributed by atoms with van der Waals surface area (Å²) in [4.78, 5) is 13.5.